The van der Waals surface area contributed by atoms with Crippen molar-refractivity contribution >= 4 is 17.5 Å². The first-order chi connectivity index (χ1) is 13.2. The molecule has 4 nitrogen and oxygen atoms in total. The molecule has 1 atom stereocenters. The van der Waals surface area contributed by atoms with Gasteiger partial charge in [-0.1, -0.05) is 67.6 Å². The fourth-order valence-corrected chi connectivity index (χ4v) is 2.79. The molecule has 0 heterocycles. The number of nitrogens with one attached hydrogen (secondary N) is 2. The number of para-hydroxylation sites is 1. The van der Waals surface area contributed by atoms with Gasteiger partial charge in [-0.05, 0) is 41.8 Å². The number of anilines is 1. The van der Waals surface area contributed by atoms with Crippen molar-refractivity contribution in [3.63, 3.8) is 0 Å². The van der Waals surface area contributed by atoms with Crippen molar-refractivity contribution in [3.8, 4) is 0 Å². The lowest BCUT2D eigenvalue weighted by atomic mass is 10.0. The van der Waals surface area contributed by atoms with Gasteiger partial charge in [0.25, 0.3) is 11.8 Å². The maximum absolute atomic E-state index is 12.9. The van der Waals surface area contributed by atoms with Crippen LogP contribution in [0, 0.1) is 0 Å². The molecule has 3 rings (SSSR count). The van der Waals surface area contributed by atoms with Crippen molar-refractivity contribution in [3.05, 3.63) is 102 Å². The molecule has 0 saturated heterocycles. The summed E-state index contributed by atoms with van der Waals surface area (Å²) in [6, 6.07) is 25.1. The standard InChI is InChI=1S/C23H22N2O2/c1-2-17-13-15-19(16-14-17)22(26)25-21(18-9-5-3-6-10-18)23(27)24-20-11-7-4-8-12-20/h3-16,21H,2H2,1H3,(H,24,27)(H,25,26). The van der Waals surface area contributed by atoms with E-state index in [2.05, 4.69) is 17.6 Å². The topological polar surface area (TPSA) is 58.2 Å². The highest BCUT2D eigenvalue weighted by Crippen LogP contribution is 2.17. The SMILES string of the molecule is CCc1ccc(C(=O)NC(C(=O)Nc2ccccc2)c2ccccc2)cc1. The Labute approximate surface area is 159 Å². The maximum atomic E-state index is 12.9. The summed E-state index contributed by atoms with van der Waals surface area (Å²) >= 11 is 0. The second-order valence-electron chi connectivity index (χ2n) is 6.22. The van der Waals surface area contributed by atoms with Crippen LogP contribution < -0.4 is 10.6 Å². The maximum Gasteiger partial charge on any atom is 0.252 e. The Morgan fingerprint density at radius 2 is 1.41 bits per heavy atom. The summed E-state index contributed by atoms with van der Waals surface area (Å²) in [6.07, 6.45) is 0.911. The summed E-state index contributed by atoms with van der Waals surface area (Å²) in [4.78, 5) is 25.5. The zero-order valence-electron chi connectivity index (χ0n) is 15.2. The molecular formula is C23H22N2O2. The number of rotatable bonds is 6. The van der Waals surface area contributed by atoms with Crippen LogP contribution in [0.3, 0.4) is 0 Å². The van der Waals surface area contributed by atoms with E-state index in [1.165, 1.54) is 0 Å². The Morgan fingerprint density at radius 3 is 2.00 bits per heavy atom. The molecule has 4 heteroatoms. The van der Waals surface area contributed by atoms with Crippen molar-refractivity contribution in [2.75, 3.05) is 5.32 Å². The third-order valence-electron chi connectivity index (χ3n) is 4.34. The summed E-state index contributed by atoms with van der Waals surface area (Å²) in [7, 11) is 0. The molecule has 0 aliphatic carbocycles. The number of carbonyl (C=O) groups excluding carboxylic acids is 2. The van der Waals surface area contributed by atoms with Crippen LogP contribution in [-0.4, -0.2) is 11.8 Å². The fraction of sp³-hybridized carbons (Fsp3) is 0.130. The smallest absolute Gasteiger partial charge is 0.252 e. The number of carbonyl (C=O) groups is 2. The van der Waals surface area contributed by atoms with E-state index in [0.717, 1.165) is 17.5 Å². The lowest BCUT2D eigenvalue weighted by Crippen LogP contribution is -2.37. The summed E-state index contributed by atoms with van der Waals surface area (Å²) in [5.74, 6) is -0.569. The number of hydrogen-bond donors (Lipinski definition) is 2. The molecule has 0 bridgehead atoms. The summed E-state index contributed by atoms with van der Waals surface area (Å²) in [6.45, 7) is 2.06. The number of amides is 2. The third kappa shape index (κ3) is 4.82. The second kappa shape index (κ2) is 8.81. The molecule has 0 aromatic heterocycles. The quantitative estimate of drug-likeness (QED) is 0.688. The number of hydrogen-bond acceptors (Lipinski definition) is 2. The van der Waals surface area contributed by atoms with Crippen molar-refractivity contribution in [1.82, 2.24) is 5.32 Å². The minimum atomic E-state index is -0.787. The average Bonchev–Trinajstić information content (AvgIpc) is 2.73. The first-order valence-electron chi connectivity index (χ1n) is 8.98. The fourth-order valence-electron chi connectivity index (χ4n) is 2.79. The molecular weight excluding hydrogens is 336 g/mol. The number of aryl methyl sites for hydroxylation is 1. The molecule has 1 unspecified atom stereocenters. The van der Waals surface area contributed by atoms with Crippen molar-refractivity contribution in [2.24, 2.45) is 0 Å². The van der Waals surface area contributed by atoms with Gasteiger partial charge in [0.1, 0.15) is 6.04 Å². The van der Waals surface area contributed by atoms with Gasteiger partial charge in [-0.25, -0.2) is 0 Å². The van der Waals surface area contributed by atoms with Gasteiger partial charge in [-0.2, -0.15) is 0 Å². The van der Waals surface area contributed by atoms with E-state index in [9.17, 15) is 9.59 Å². The van der Waals surface area contributed by atoms with E-state index in [-0.39, 0.29) is 11.8 Å². The zero-order chi connectivity index (χ0) is 19.1. The molecule has 136 valence electrons. The first-order valence-corrected chi connectivity index (χ1v) is 8.98. The van der Waals surface area contributed by atoms with Crippen molar-refractivity contribution in [1.29, 1.82) is 0 Å². The van der Waals surface area contributed by atoms with Gasteiger partial charge in [0, 0.05) is 11.3 Å². The van der Waals surface area contributed by atoms with Gasteiger partial charge in [0.05, 0.1) is 0 Å². The van der Waals surface area contributed by atoms with Gasteiger partial charge >= 0.3 is 0 Å². The average molecular weight is 358 g/mol. The summed E-state index contributed by atoms with van der Waals surface area (Å²) in [5, 5.41) is 5.72. The summed E-state index contributed by atoms with van der Waals surface area (Å²) in [5.41, 5.74) is 3.10. The van der Waals surface area contributed by atoms with Crippen molar-refractivity contribution in [2.45, 2.75) is 19.4 Å². The predicted molar refractivity (Wildman–Crippen MR) is 108 cm³/mol. The van der Waals surface area contributed by atoms with E-state index in [1.807, 2.05) is 72.8 Å². The first kappa shape index (κ1) is 18.4. The Bertz CT molecular complexity index is 891. The zero-order valence-corrected chi connectivity index (χ0v) is 15.2. The molecule has 0 saturated carbocycles. The van der Waals surface area contributed by atoms with Crippen LogP contribution in [0.5, 0.6) is 0 Å². The van der Waals surface area contributed by atoms with Gasteiger partial charge in [-0.3, -0.25) is 9.59 Å². The molecule has 0 spiro atoms. The van der Waals surface area contributed by atoms with Crippen LogP contribution in [0.2, 0.25) is 0 Å². The number of benzene rings is 3. The Balaban J connectivity index is 1.81. The van der Waals surface area contributed by atoms with Crippen LogP contribution in [0.1, 0.15) is 34.5 Å². The molecule has 27 heavy (non-hydrogen) atoms. The molecule has 0 aliphatic heterocycles. The lowest BCUT2D eigenvalue weighted by molar-refractivity contribution is -0.118. The van der Waals surface area contributed by atoms with Gasteiger partial charge in [-0.15, -0.1) is 0 Å². The van der Waals surface area contributed by atoms with Crippen LogP contribution in [0.4, 0.5) is 5.69 Å². The molecule has 0 aliphatic rings. The molecule has 0 radical (unpaired) electrons. The Morgan fingerprint density at radius 1 is 0.815 bits per heavy atom. The van der Waals surface area contributed by atoms with Crippen molar-refractivity contribution < 1.29 is 9.59 Å². The molecule has 2 N–H and O–H groups in total. The monoisotopic (exact) mass is 358 g/mol. The van der Waals surface area contributed by atoms with Crippen LogP contribution in [0.25, 0.3) is 0 Å². The minimum Gasteiger partial charge on any atom is -0.336 e. The van der Waals surface area contributed by atoms with Gasteiger partial charge in [0.15, 0.2) is 0 Å². The Kier molecular flexibility index (Phi) is 6.00. The van der Waals surface area contributed by atoms with Crippen LogP contribution in [0.15, 0.2) is 84.9 Å². The minimum absolute atomic E-state index is 0.283. The molecule has 2 amide bonds. The summed E-state index contributed by atoms with van der Waals surface area (Å²) < 4.78 is 0. The van der Waals surface area contributed by atoms with Crippen LogP contribution >= 0.6 is 0 Å². The highest BCUT2D eigenvalue weighted by molar-refractivity contribution is 6.01. The lowest BCUT2D eigenvalue weighted by Gasteiger charge is -2.19. The molecule has 0 fully saturated rings. The van der Waals surface area contributed by atoms with E-state index < -0.39 is 6.04 Å². The van der Waals surface area contributed by atoms with E-state index >= 15 is 0 Å². The van der Waals surface area contributed by atoms with E-state index in [4.69, 9.17) is 0 Å². The van der Waals surface area contributed by atoms with E-state index in [0.29, 0.717) is 11.3 Å². The van der Waals surface area contributed by atoms with Gasteiger partial charge < -0.3 is 10.6 Å². The highest BCUT2D eigenvalue weighted by atomic mass is 16.2. The van der Waals surface area contributed by atoms with Crippen LogP contribution in [-0.2, 0) is 11.2 Å². The Hall–Kier alpha value is -3.40. The second-order valence-corrected chi connectivity index (χ2v) is 6.22. The predicted octanol–water partition coefficient (Wildman–Crippen LogP) is 4.36. The van der Waals surface area contributed by atoms with E-state index in [1.54, 1.807) is 12.1 Å². The highest BCUT2D eigenvalue weighted by Gasteiger charge is 2.23. The normalized spacial score (nSPS) is 11.4. The van der Waals surface area contributed by atoms with Gasteiger partial charge in [0.2, 0.25) is 0 Å². The largest absolute Gasteiger partial charge is 0.336 e. The third-order valence-corrected chi connectivity index (χ3v) is 4.34. The molecule has 3 aromatic rings. The molecule has 3 aromatic carbocycles.